The molecule has 1 saturated heterocycles. The van der Waals surface area contributed by atoms with Crippen LogP contribution in [-0.4, -0.2) is 22.3 Å². The zero-order valence-corrected chi connectivity index (χ0v) is 23.2. The van der Waals surface area contributed by atoms with Crippen molar-refractivity contribution in [2.24, 2.45) is 0 Å². The molecule has 202 valence electrons. The molecule has 3 aromatic carbocycles. The Morgan fingerprint density at radius 3 is 2.60 bits per heavy atom. The van der Waals surface area contributed by atoms with Crippen molar-refractivity contribution in [1.82, 2.24) is 9.55 Å². The van der Waals surface area contributed by atoms with E-state index in [1.54, 1.807) is 0 Å². The first-order valence-corrected chi connectivity index (χ1v) is 14.5. The van der Waals surface area contributed by atoms with Gasteiger partial charge >= 0.3 is 0 Å². The highest BCUT2D eigenvalue weighted by atomic mass is 16.5. The van der Waals surface area contributed by atoms with Crippen LogP contribution in [0.4, 0.5) is 0 Å². The number of ether oxygens (including phenoxy) is 2. The normalized spacial score (nSPS) is 20.2. The molecule has 0 N–H and O–H groups in total. The Bertz CT molecular complexity index is 1620. The second-order valence-corrected chi connectivity index (χ2v) is 11.7. The van der Waals surface area contributed by atoms with Gasteiger partial charge in [-0.05, 0) is 103 Å². The van der Waals surface area contributed by atoms with E-state index in [1.165, 1.54) is 50.7 Å². The molecule has 4 nitrogen and oxygen atoms in total. The minimum atomic E-state index is -0.0250. The fraction of sp³-hybridized carbons (Fsp3) is 0.306. The molecule has 7 rings (SSSR count). The Labute approximate surface area is 236 Å². The highest BCUT2D eigenvalue weighted by molar-refractivity contribution is 5.85. The average molecular weight is 529 g/mol. The summed E-state index contributed by atoms with van der Waals surface area (Å²) in [6.07, 6.45) is 11.7. The van der Waals surface area contributed by atoms with E-state index in [9.17, 15) is 0 Å². The summed E-state index contributed by atoms with van der Waals surface area (Å²) in [5.41, 5.74) is 9.37. The molecule has 2 unspecified atom stereocenters. The number of hydrogen-bond donors (Lipinski definition) is 0. The van der Waals surface area contributed by atoms with Gasteiger partial charge in [-0.1, -0.05) is 48.5 Å². The van der Waals surface area contributed by atoms with E-state index in [4.69, 9.17) is 9.47 Å². The van der Waals surface area contributed by atoms with Gasteiger partial charge in [0.2, 0.25) is 0 Å². The second-order valence-electron chi connectivity index (χ2n) is 11.7. The van der Waals surface area contributed by atoms with Crippen LogP contribution >= 0.6 is 0 Å². The highest BCUT2D eigenvalue weighted by Gasteiger charge is 2.39. The lowest BCUT2D eigenvalue weighted by molar-refractivity contribution is 0.0980. The van der Waals surface area contributed by atoms with E-state index in [1.807, 2.05) is 18.5 Å². The molecule has 1 aliphatic heterocycles. The van der Waals surface area contributed by atoms with Crippen LogP contribution in [0, 0.1) is 6.92 Å². The number of aryl methyl sites for hydroxylation is 1. The molecule has 1 aliphatic carbocycles. The Hall–Kier alpha value is -3.89. The van der Waals surface area contributed by atoms with Crippen molar-refractivity contribution in [1.29, 1.82) is 0 Å². The van der Waals surface area contributed by atoms with Crippen LogP contribution in [0.2, 0.25) is 0 Å². The maximum Gasteiger partial charge on any atom is 0.120 e. The molecule has 40 heavy (non-hydrogen) atoms. The summed E-state index contributed by atoms with van der Waals surface area (Å²) >= 11 is 0. The molecule has 4 heteroatoms. The van der Waals surface area contributed by atoms with Gasteiger partial charge in [-0.25, -0.2) is 0 Å². The smallest absolute Gasteiger partial charge is 0.120 e. The average Bonchev–Trinajstić information content (AvgIpc) is 3.71. The van der Waals surface area contributed by atoms with Gasteiger partial charge in [0.15, 0.2) is 0 Å². The quantitative estimate of drug-likeness (QED) is 0.211. The Kier molecular flexibility index (Phi) is 6.65. The molecule has 0 spiro atoms. The maximum absolute atomic E-state index is 6.23. The largest absolute Gasteiger partial charge is 0.489 e. The molecule has 2 aromatic heterocycles. The topological polar surface area (TPSA) is 36.3 Å². The first-order chi connectivity index (χ1) is 19.6. The molecule has 1 fully saturated rings. The highest BCUT2D eigenvalue weighted by Crippen LogP contribution is 2.44. The molecule has 2 aliphatic rings. The molecule has 0 saturated carbocycles. The molecule has 2 atom stereocenters. The van der Waals surface area contributed by atoms with Gasteiger partial charge in [0, 0.05) is 48.1 Å². The van der Waals surface area contributed by atoms with Crippen LogP contribution in [-0.2, 0) is 42.6 Å². The van der Waals surface area contributed by atoms with Crippen molar-refractivity contribution < 1.29 is 9.47 Å². The van der Waals surface area contributed by atoms with Crippen LogP contribution in [0.3, 0.4) is 0 Å². The van der Waals surface area contributed by atoms with Gasteiger partial charge in [-0.3, -0.25) is 4.98 Å². The summed E-state index contributed by atoms with van der Waals surface area (Å²) in [6.45, 7) is 4.62. The van der Waals surface area contributed by atoms with Crippen molar-refractivity contribution >= 4 is 10.9 Å². The van der Waals surface area contributed by atoms with Gasteiger partial charge in [0.1, 0.15) is 12.4 Å². The predicted octanol–water partition coefficient (Wildman–Crippen LogP) is 7.38. The van der Waals surface area contributed by atoms with E-state index >= 15 is 0 Å². The van der Waals surface area contributed by atoms with E-state index in [0.29, 0.717) is 12.7 Å². The van der Waals surface area contributed by atoms with Crippen molar-refractivity contribution in [3.63, 3.8) is 0 Å². The van der Waals surface area contributed by atoms with Gasteiger partial charge in [-0.2, -0.15) is 0 Å². The summed E-state index contributed by atoms with van der Waals surface area (Å²) in [5, 5.41) is 1.34. The van der Waals surface area contributed by atoms with Crippen molar-refractivity contribution in [2.45, 2.75) is 63.7 Å². The SMILES string of the molecule is Cc1cn(CC2CCCO2)c2cc(C3(Cc4ccncc4)Cc4ccc(OCc5ccccc5)cc4C3)ccc12. The van der Waals surface area contributed by atoms with E-state index < -0.39 is 0 Å². The number of nitrogens with zero attached hydrogens (tertiary/aromatic N) is 2. The zero-order valence-electron chi connectivity index (χ0n) is 23.2. The lowest BCUT2D eigenvalue weighted by atomic mass is 9.73. The minimum Gasteiger partial charge on any atom is -0.489 e. The van der Waals surface area contributed by atoms with E-state index in [2.05, 4.69) is 95.5 Å². The number of fused-ring (bicyclic) bond motifs is 2. The zero-order chi connectivity index (χ0) is 26.9. The first-order valence-electron chi connectivity index (χ1n) is 14.5. The van der Waals surface area contributed by atoms with Crippen LogP contribution in [0.25, 0.3) is 10.9 Å². The maximum atomic E-state index is 6.23. The van der Waals surface area contributed by atoms with Gasteiger partial charge in [0.25, 0.3) is 0 Å². The number of pyridine rings is 1. The summed E-state index contributed by atoms with van der Waals surface area (Å²) in [6, 6.07) is 28.6. The standard InChI is InChI=1S/C36H36N2O2/c1-26-23-38(24-33-8-5-17-39-33)35-19-31(10-12-34(26)35)36(20-27-13-15-37-16-14-27)21-29-9-11-32(18-30(29)22-36)40-25-28-6-3-2-4-7-28/h2-4,6-7,9-16,18-19,23,33H,5,8,17,20-22,24-25H2,1H3. The summed E-state index contributed by atoms with van der Waals surface area (Å²) in [5.74, 6) is 0.943. The van der Waals surface area contributed by atoms with E-state index in [0.717, 1.165) is 44.6 Å². The Morgan fingerprint density at radius 2 is 1.77 bits per heavy atom. The number of rotatable bonds is 8. The summed E-state index contributed by atoms with van der Waals surface area (Å²) in [7, 11) is 0. The van der Waals surface area contributed by atoms with Crippen LogP contribution in [0.15, 0.2) is 97.5 Å². The third-order valence-electron chi connectivity index (χ3n) is 8.89. The third-order valence-corrected chi connectivity index (χ3v) is 8.89. The molecule has 5 aromatic rings. The monoisotopic (exact) mass is 528 g/mol. The van der Waals surface area contributed by atoms with Crippen LogP contribution in [0.5, 0.6) is 5.75 Å². The first kappa shape index (κ1) is 25.1. The number of benzene rings is 3. The summed E-state index contributed by atoms with van der Waals surface area (Å²) < 4.78 is 14.7. The lowest BCUT2D eigenvalue weighted by Crippen LogP contribution is -2.30. The van der Waals surface area contributed by atoms with Crippen LogP contribution in [0.1, 0.15) is 46.2 Å². The second kappa shape index (κ2) is 10.6. The lowest BCUT2D eigenvalue weighted by Gasteiger charge is -2.30. The molecule has 0 bridgehead atoms. The van der Waals surface area contributed by atoms with Crippen molar-refractivity contribution in [3.8, 4) is 5.75 Å². The molecule has 3 heterocycles. The molecule has 0 radical (unpaired) electrons. The van der Waals surface area contributed by atoms with Gasteiger partial charge < -0.3 is 14.0 Å². The number of aromatic nitrogens is 2. The summed E-state index contributed by atoms with van der Waals surface area (Å²) in [4.78, 5) is 4.28. The fourth-order valence-electron chi connectivity index (χ4n) is 6.85. The van der Waals surface area contributed by atoms with Gasteiger partial charge in [0.05, 0.1) is 6.10 Å². The Balaban J connectivity index is 1.23. The van der Waals surface area contributed by atoms with E-state index in [-0.39, 0.29) is 5.41 Å². The molecular weight excluding hydrogens is 492 g/mol. The van der Waals surface area contributed by atoms with Crippen molar-refractivity contribution in [3.05, 3.63) is 131 Å². The minimum absolute atomic E-state index is 0.0250. The van der Waals surface area contributed by atoms with Gasteiger partial charge in [-0.15, -0.1) is 0 Å². The van der Waals surface area contributed by atoms with Crippen molar-refractivity contribution in [2.75, 3.05) is 6.61 Å². The predicted molar refractivity (Wildman–Crippen MR) is 160 cm³/mol. The Morgan fingerprint density at radius 1 is 0.925 bits per heavy atom. The number of hydrogen-bond acceptors (Lipinski definition) is 3. The molecular formula is C36H36N2O2. The van der Waals surface area contributed by atoms with Crippen LogP contribution < -0.4 is 4.74 Å². The fourth-order valence-corrected chi connectivity index (χ4v) is 6.85. The third kappa shape index (κ3) is 4.93. The molecule has 0 amide bonds.